The Morgan fingerprint density at radius 3 is 2.56 bits per heavy atom. The Balaban J connectivity index is 1.63. The molecular formula is C19H17FN4O3. The molecule has 1 aromatic heterocycles. The Morgan fingerprint density at radius 1 is 1.11 bits per heavy atom. The van der Waals surface area contributed by atoms with Gasteiger partial charge in [-0.3, -0.25) is 9.36 Å². The number of rotatable bonds is 3. The SMILES string of the molecule is COc1ccc(-n2nc3n(c2=O)CCN(C(=O)c2ccccc2F)C3)cc1. The van der Waals surface area contributed by atoms with Gasteiger partial charge in [0, 0.05) is 13.1 Å². The lowest BCUT2D eigenvalue weighted by Gasteiger charge is -2.26. The zero-order chi connectivity index (χ0) is 19.0. The van der Waals surface area contributed by atoms with Crippen LogP contribution in [0.2, 0.25) is 0 Å². The largest absolute Gasteiger partial charge is 0.497 e. The molecule has 3 aromatic rings. The molecule has 0 aliphatic carbocycles. The molecular weight excluding hydrogens is 351 g/mol. The van der Waals surface area contributed by atoms with Gasteiger partial charge in [-0.15, -0.1) is 5.10 Å². The summed E-state index contributed by atoms with van der Waals surface area (Å²) in [7, 11) is 1.57. The molecule has 7 nitrogen and oxygen atoms in total. The molecule has 1 aliphatic heterocycles. The molecule has 0 bridgehead atoms. The first-order valence-corrected chi connectivity index (χ1v) is 8.45. The normalized spacial score (nSPS) is 13.3. The average Bonchev–Trinajstić information content (AvgIpc) is 3.04. The van der Waals surface area contributed by atoms with E-state index >= 15 is 0 Å². The van der Waals surface area contributed by atoms with Crippen LogP contribution in [-0.4, -0.2) is 38.8 Å². The van der Waals surface area contributed by atoms with Crippen LogP contribution < -0.4 is 10.4 Å². The monoisotopic (exact) mass is 368 g/mol. The fraction of sp³-hybridized carbons (Fsp3) is 0.211. The fourth-order valence-corrected chi connectivity index (χ4v) is 3.12. The third-order valence-corrected chi connectivity index (χ3v) is 4.57. The molecule has 0 saturated heterocycles. The lowest BCUT2D eigenvalue weighted by Crippen LogP contribution is -2.41. The molecule has 2 aromatic carbocycles. The fourth-order valence-electron chi connectivity index (χ4n) is 3.12. The number of hydrogen-bond donors (Lipinski definition) is 0. The second-order valence-electron chi connectivity index (χ2n) is 6.17. The molecule has 1 aliphatic rings. The topological polar surface area (TPSA) is 69.4 Å². The second kappa shape index (κ2) is 6.71. The highest BCUT2D eigenvalue weighted by Gasteiger charge is 2.27. The number of benzene rings is 2. The predicted molar refractivity (Wildman–Crippen MR) is 95.5 cm³/mol. The van der Waals surface area contributed by atoms with Gasteiger partial charge in [-0.1, -0.05) is 12.1 Å². The maximum atomic E-state index is 13.9. The number of halogens is 1. The Kier molecular flexibility index (Phi) is 4.23. The van der Waals surface area contributed by atoms with E-state index < -0.39 is 11.7 Å². The van der Waals surface area contributed by atoms with Gasteiger partial charge in [-0.25, -0.2) is 9.18 Å². The Labute approximate surface area is 154 Å². The van der Waals surface area contributed by atoms with Crippen molar-refractivity contribution in [1.29, 1.82) is 0 Å². The van der Waals surface area contributed by atoms with Gasteiger partial charge in [-0.05, 0) is 36.4 Å². The highest BCUT2D eigenvalue weighted by Crippen LogP contribution is 2.17. The molecule has 8 heteroatoms. The minimum Gasteiger partial charge on any atom is -0.497 e. The number of nitrogens with zero attached hydrogens (tertiary/aromatic N) is 4. The lowest BCUT2D eigenvalue weighted by atomic mass is 10.1. The van der Waals surface area contributed by atoms with E-state index in [4.69, 9.17) is 4.74 Å². The van der Waals surface area contributed by atoms with Gasteiger partial charge in [0.05, 0.1) is 24.9 Å². The van der Waals surface area contributed by atoms with E-state index in [1.165, 1.54) is 32.3 Å². The summed E-state index contributed by atoms with van der Waals surface area (Å²) >= 11 is 0. The van der Waals surface area contributed by atoms with Crippen molar-refractivity contribution in [3.05, 3.63) is 76.2 Å². The minimum atomic E-state index is -0.561. The minimum absolute atomic E-state index is 0.0166. The van der Waals surface area contributed by atoms with Gasteiger partial charge >= 0.3 is 5.69 Å². The van der Waals surface area contributed by atoms with Crippen molar-refractivity contribution in [3.8, 4) is 11.4 Å². The van der Waals surface area contributed by atoms with E-state index in [9.17, 15) is 14.0 Å². The molecule has 2 heterocycles. The summed E-state index contributed by atoms with van der Waals surface area (Å²) in [6.07, 6.45) is 0. The number of ether oxygens (including phenoxy) is 1. The van der Waals surface area contributed by atoms with Gasteiger partial charge in [0.15, 0.2) is 5.82 Å². The van der Waals surface area contributed by atoms with Crippen molar-refractivity contribution >= 4 is 5.91 Å². The first kappa shape index (κ1) is 17.0. The molecule has 1 amide bonds. The van der Waals surface area contributed by atoms with Crippen molar-refractivity contribution in [2.75, 3.05) is 13.7 Å². The van der Waals surface area contributed by atoms with Gasteiger partial charge in [-0.2, -0.15) is 4.68 Å². The molecule has 27 heavy (non-hydrogen) atoms. The van der Waals surface area contributed by atoms with Gasteiger partial charge in [0.25, 0.3) is 5.91 Å². The lowest BCUT2D eigenvalue weighted by molar-refractivity contribution is 0.0701. The molecule has 138 valence electrons. The van der Waals surface area contributed by atoms with Gasteiger partial charge in [0.1, 0.15) is 11.6 Å². The summed E-state index contributed by atoms with van der Waals surface area (Å²) < 4.78 is 21.9. The highest BCUT2D eigenvalue weighted by molar-refractivity contribution is 5.94. The molecule has 0 unspecified atom stereocenters. The number of aromatic nitrogens is 3. The Morgan fingerprint density at radius 2 is 1.85 bits per heavy atom. The smallest absolute Gasteiger partial charge is 0.350 e. The van der Waals surface area contributed by atoms with Crippen LogP contribution in [0.1, 0.15) is 16.2 Å². The van der Waals surface area contributed by atoms with Crippen LogP contribution in [0.3, 0.4) is 0 Å². The standard InChI is InChI=1S/C19H17FN4O3/c1-27-14-8-6-13(7-9-14)24-19(26)23-11-10-22(12-17(23)21-24)18(25)15-4-2-3-5-16(15)20/h2-9H,10-12H2,1H3. The molecule has 4 rings (SSSR count). The predicted octanol–water partition coefficient (Wildman–Crippen LogP) is 1.84. The molecule has 0 radical (unpaired) electrons. The number of fused-ring (bicyclic) bond motifs is 1. The van der Waals surface area contributed by atoms with E-state index in [1.807, 2.05) is 0 Å². The Hall–Kier alpha value is -3.42. The first-order chi connectivity index (χ1) is 13.1. The summed E-state index contributed by atoms with van der Waals surface area (Å²) in [5.74, 6) is 0.171. The maximum absolute atomic E-state index is 13.9. The van der Waals surface area contributed by atoms with Gasteiger partial charge < -0.3 is 9.64 Å². The zero-order valence-corrected chi connectivity index (χ0v) is 14.6. The quantitative estimate of drug-likeness (QED) is 0.707. The zero-order valence-electron chi connectivity index (χ0n) is 14.6. The van der Waals surface area contributed by atoms with Crippen molar-refractivity contribution in [2.45, 2.75) is 13.1 Å². The number of amides is 1. The third-order valence-electron chi connectivity index (χ3n) is 4.57. The van der Waals surface area contributed by atoms with Crippen LogP contribution >= 0.6 is 0 Å². The van der Waals surface area contributed by atoms with Crippen LogP contribution in [0.25, 0.3) is 5.69 Å². The van der Waals surface area contributed by atoms with Crippen LogP contribution in [0, 0.1) is 5.82 Å². The number of hydrogen-bond acceptors (Lipinski definition) is 4. The number of methoxy groups -OCH3 is 1. The first-order valence-electron chi connectivity index (χ1n) is 8.45. The van der Waals surface area contributed by atoms with Crippen molar-refractivity contribution < 1.29 is 13.9 Å². The van der Waals surface area contributed by atoms with E-state index in [1.54, 1.807) is 37.4 Å². The van der Waals surface area contributed by atoms with Crippen LogP contribution in [0.5, 0.6) is 5.75 Å². The van der Waals surface area contributed by atoms with Crippen LogP contribution in [0.15, 0.2) is 53.3 Å². The van der Waals surface area contributed by atoms with E-state index in [0.717, 1.165) is 0 Å². The Bertz CT molecular complexity index is 1060. The molecule has 0 saturated carbocycles. The van der Waals surface area contributed by atoms with Crippen molar-refractivity contribution in [2.24, 2.45) is 0 Å². The van der Waals surface area contributed by atoms with Crippen molar-refractivity contribution in [1.82, 2.24) is 19.2 Å². The van der Waals surface area contributed by atoms with Crippen LogP contribution in [0.4, 0.5) is 4.39 Å². The van der Waals surface area contributed by atoms with Gasteiger partial charge in [0.2, 0.25) is 0 Å². The van der Waals surface area contributed by atoms with E-state index in [0.29, 0.717) is 30.4 Å². The highest BCUT2D eigenvalue weighted by atomic mass is 19.1. The van der Waals surface area contributed by atoms with Crippen molar-refractivity contribution in [3.63, 3.8) is 0 Å². The number of carbonyl (C=O) groups is 1. The van der Waals surface area contributed by atoms with E-state index in [-0.39, 0.29) is 17.8 Å². The summed E-state index contributed by atoms with van der Waals surface area (Å²) in [6, 6.07) is 12.8. The maximum Gasteiger partial charge on any atom is 0.350 e. The van der Waals surface area contributed by atoms with Crippen LogP contribution in [-0.2, 0) is 13.1 Å². The molecule has 0 atom stereocenters. The molecule has 0 fully saturated rings. The summed E-state index contributed by atoms with van der Waals surface area (Å²) in [5.41, 5.74) is 0.353. The van der Waals surface area contributed by atoms with E-state index in [2.05, 4.69) is 5.10 Å². The summed E-state index contributed by atoms with van der Waals surface area (Å²) in [5, 5.41) is 4.36. The summed E-state index contributed by atoms with van der Waals surface area (Å²) in [4.78, 5) is 26.7. The number of carbonyl (C=O) groups excluding carboxylic acids is 1. The molecule has 0 spiro atoms. The second-order valence-corrected chi connectivity index (χ2v) is 6.17. The third kappa shape index (κ3) is 2.99. The molecule has 0 N–H and O–H groups in total. The summed E-state index contributed by atoms with van der Waals surface area (Å²) in [6.45, 7) is 0.768. The average molecular weight is 368 g/mol.